The zero-order valence-corrected chi connectivity index (χ0v) is 16.8. The molecule has 0 unspecified atom stereocenters. The van der Waals surface area contributed by atoms with Crippen LogP contribution in [0.5, 0.6) is 0 Å². The molecule has 0 aromatic carbocycles. The minimum atomic E-state index is -3.26. The molecule has 2 aliphatic rings. The minimum Gasteiger partial charge on any atom is -0.375 e. The number of sulfonamides is 1. The van der Waals surface area contributed by atoms with Gasteiger partial charge in [0.2, 0.25) is 15.9 Å². The highest BCUT2D eigenvalue weighted by molar-refractivity contribution is 7.89. The number of carbonyl (C=O) groups is 1. The molecule has 3 rings (SSSR count). The van der Waals surface area contributed by atoms with Crippen LogP contribution in [0.15, 0.2) is 6.20 Å². The Morgan fingerprint density at radius 2 is 2.07 bits per heavy atom. The van der Waals surface area contributed by atoms with Crippen LogP contribution in [0.3, 0.4) is 0 Å². The largest absolute Gasteiger partial charge is 0.375 e. The third-order valence-electron chi connectivity index (χ3n) is 5.58. The first-order chi connectivity index (χ1) is 13.0. The number of aromatic nitrogens is 2. The van der Waals surface area contributed by atoms with Gasteiger partial charge < -0.3 is 10.1 Å². The molecule has 2 heterocycles. The van der Waals surface area contributed by atoms with Crippen molar-refractivity contribution < 1.29 is 17.9 Å². The summed E-state index contributed by atoms with van der Waals surface area (Å²) in [6.45, 7) is 0.979. The first-order valence-electron chi connectivity index (χ1n) is 9.79. The van der Waals surface area contributed by atoms with Gasteiger partial charge in [-0.05, 0) is 31.6 Å². The van der Waals surface area contributed by atoms with E-state index in [4.69, 9.17) is 4.74 Å². The van der Waals surface area contributed by atoms with Gasteiger partial charge in [-0.15, -0.1) is 0 Å². The van der Waals surface area contributed by atoms with E-state index in [0.29, 0.717) is 24.7 Å². The van der Waals surface area contributed by atoms with Gasteiger partial charge in [-0.2, -0.15) is 5.10 Å². The van der Waals surface area contributed by atoms with Gasteiger partial charge in [0.15, 0.2) is 0 Å². The summed E-state index contributed by atoms with van der Waals surface area (Å²) < 4.78 is 32.3. The lowest BCUT2D eigenvalue weighted by Gasteiger charge is -2.33. The molecule has 1 aromatic rings. The van der Waals surface area contributed by atoms with E-state index in [0.717, 1.165) is 44.2 Å². The maximum absolute atomic E-state index is 12.9. The maximum atomic E-state index is 12.9. The predicted octanol–water partition coefficient (Wildman–Crippen LogP) is 2.08. The number of carbonyl (C=O) groups excluding carboxylic acids is 1. The molecular formula is C18H30N4O4S. The van der Waals surface area contributed by atoms with Crippen LogP contribution in [0.1, 0.15) is 56.6 Å². The second kappa shape index (κ2) is 9.16. The molecule has 1 aromatic heterocycles. The highest BCUT2D eigenvalue weighted by atomic mass is 32.2. The van der Waals surface area contributed by atoms with Gasteiger partial charge in [-0.3, -0.25) is 9.89 Å². The summed E-state index contributed by atoms with van der Waals surface area (Å²) >= 11 is 0. The summed E-state index contributed by atoms with van der Waals surface area (Å²) in [7, 11) is -1.80. The Kier molecular flexibility index (Phi) is 6.88. The third kappa shape index (κ3) is 5.30. The first kappa shape index (κ1) is 20.3. The van der Waals surface area contributed by atoms with Crippen molar-refractivity contribution in [1.29, 1.82) is 0 Å². The molecule has 0 spiro atoms. The van der Waals surface area contributed by atoms with Gasteiger partial charge in [0.25, 0.3) is 0 Å². The third-order valence-corrected chi connectivity index (χ3v) is 7.59. The van der Waals surface area contributed by atoms with Crippen LogP contribution in [0.25, 0.3) is 0 Å². The molecule has 1 aliphatic heterocycles. The average Bonchev–Trinajstić information content (AvgIpc) is 3.10. The average molecular weight is 399 g/mol. The SMILES string of the molecule is COCC(=O)Nc1cn[nH]c1[C@H]1CCCN(S(=O)(=O)CC2CCCCC2)C1. The van der Waals surface area contributed by atoms with E-state index >= 15 is 0 Å². The fourth-order valence-electron chi connectivity index (χ4n) is 4.21. The molecule has 8 nitrogen and oxygen atoms in total. The van der Waals surface area contributed by atoms with Crippen LogP contribution in [0.4, 0.5) is 5.69 Å². The zero-order chi connectivity index (χ0) is 19.3. The highest BCUT2D eigenvalue weighted by Gasteiger charge is 2.33. The van der Waals surface area contributed by atoms with Crippen molar-refractivity contribution >= 4 is 21.6 Å². The van der Waals surface area contributed by atoms with Gasteiger partial charge in [-0.25, -0.2) is 12.7 Å². The van der Waals surface area contributed by atoms with Crippen molar-refractivity contribution in [1.82, 2.24) is 14.5 Å². The fraction of sp³-hybridized carbons (Fsp3) is 0.778. The smallest absolute Gasteiger partial charge is 0.250 e. The van der Waals surface area contributed by atoms with E-state index in [2.05, 4.69) is 15.5 Å². The summed E-state index contributed by atoms with van der Waals surface area (Å²) in [5.74, 6) is 0.304. The van der Waals surface area contributed by atoms with Gasteiger partial charge in [0.1, 0.15) is 6.61 Å². The number of piperidine rings is 1. The molecule has 1 saturated carbocycles. The normalized spacial score (nSPS) is 22.6. The number of anilines is 1. The zero-order valence-electron chi connectivity index (χ0n) is 15.9. The van der Waals surface area contributed by atoms with E-state index in [-0.39, 0.29) is 24.2 Å². The summed E-state index contributed by atoms with van der Waals surface area (Å²) in [6, 6.07) is 0. The molecule has 0 bridgehead atoms. The lowest BCUT2D eigenvalue weighted by Crippen LogP contribution is -2.42. The number of hydrogen-bond donors (Lipinski definition) is 2. The fourth-order valence-corrected chi connectivity index (χ4v) is 6.17. The standard InChI is InChI=1S/C18H30N4O4S/c1-26-12-17(23)20-16-10-19-21-18(16)15-8-5-9-22(11-15)27(24,25)13-14-6-3-2-4-7-14/h10,14-15H,2-9,11-13H2,1H3,(H,19,21)(H,20,23)/t15-/m0/s1. The van der Waals surface area contributed by atoms with Crippen LogP contribution >= 0.6 is 0 Å². The molecule has 27 heavy (non-hydrogen) atoms. The molecule has 1 saturated heterocycles. The molecule has 0 radical (unpaired) electrons. The second-order valence-corrected chi connectivity index (χ2v) is 9.67. The Balaban J connectivity index is 1.65. The lowest BCUT2D eigenvalue weighted by molar-refractivity contribution is -0.119. The van der Waals surface area contributed by atoms with E-state index in [9.17, 15) is 13.2 Å². The van der Waals surface area contributed by atoms with Crippen molar-refractivity contribution in [3.8, 4) is 0 Å². The van der Waals surface area contributed by atoms with Crippen molar-refractivity contribution in [2.45, 2.75) is 50.9 Å². The van der Waals surface area contributed by atoms with Crippen LogP contribution in [-0.2, 0) is 19.6 Å². The van der Waals surface area contributed by atoms with Crippen LogP contribution in [-0.4, -0.2) is 61.4 Å². The number of H-pyrrole nitrogens is 1. The van der Waals surface area contributed by atoms with Gasteiger partial charge in [-0.1, -0.05) is 19.3 Å². The van der Waals surface area contributed by atoms with Gasteiger partial charge >= 0.3 is 0 Å². The maximum Gasteiger partial charge on any atom is 0.250 e. The number of amides is 1. The monoisotopic (exact) mass is 398 g/mol. The molecule has 1 amide bonds. The Labute approximate surface area is 161 Å². The molecule has 2 fully saturated rings. The summed E-state index contributed by atoms with van der Waals surface area (Å²) in [5, 5.41) is 9.77. The van der Waals surface area contributed by atoms with Gasteiger partial charge in [0.05, 0.1) is 23.3 Å². The first-order valence-corrected chi connectivity index (χ1v) is 11.4. The Bertz CT molecular complexity index is 727. The number of rotatable bonds is 7. The number of nitrogens with zero attached hydrogens (tertiary/aromatic N) is 2. The number of methoxy groups -OCH3 is 1. The minimum absolute atomic E-state index is 0.000209. The van der Waals surface area contributed by atoms with Crippen LogP contribution < -0.4 is 5.32 Å². The highest BCUT2D eigenvalue weighted by Crippen LogP contribution is 2.33. The van der Waals surface area contributed by atoms with E-state index in [1.807, 2.05) is 0 Å². The molecule has 1 atom stereocenters. The summed E-state index contributed by atoms with van der Waals surface area (Å²) in [4.78, 5) is 11.8. The van der Waals surface area contributed by atoms with E-state index in [1.165, 1.54) is 13.5 Å². The molecule has 152 valence electrons. The predicted molar refractivity (Wildman–Crippen MR) is 103 cm³/mol. The number of hydrogen-bond acceptors (Lipinski definition) is 5. The Hall–Kier alpha value is -1.45. The number of ether oxygens (including phenoxy) is 1. The topological polar surface area (TPSA) is 104 Å². The van der Waals surface area contributed by atoms with Crippen molar-refractivity contribution in [3.63, 3.8) is 0 Å². The molecule has 9 heteroatoms. The van der Waals surface area contributed by atoms with Gasteiger partial charge in [0, 0.05) is 26.1 Å². The Morgan fingerprint density at radius 1 is 1.30 bits per heavy atom. The van der Waals surface area contributed by atoms with E-state index in [1.54, 1.807) is 10.5 Å². The van der Waals surface area contributed by atoms with Crippen molar-refractivity contribution in [2.24, 2.45) is 5.92 Å². The van der Waals surface area contributed by atoms with Crippen LogP contribution in [0, 0.1) is 5.92 Å². The Morgan fingerprint density at radius 3 is 2.81 bits per heavy atom. The molecule has 2 N–H and O–H groups in total. The van der Waals surface area contributed by atoms with Crippen LogP contribution in [0.2, 0.25) is 0 Å². The molecule has 1 aliphatic carbocycles. The number of nitrogens with one attached hydrogen (secondary N) is 2. The lowest BCUT2D eigenvalue weighted by atomic mass is 9.91. The van der Waals surface area contributed by atoms with Crippen molar-refractivity contribution in [3.05, 3.63) is 11.9 Å². The van der Waals surface area contributed by atoms with Crippen molar-refractivity contribution in [2.75, 3.05) is 37.9 Å². The summed E-state index contributed by atoms with van der Waals surface area (Å²) in [5.41, 5.74) is 1.39. The summed E-state index contributed by atoms with van der Waals surface area (Å²) in [6.07, 6.45) is 8.78. The van der Waals surface area contributed by atoms with E-state index < -0.39 is 10.0 Å². The number of aromatic amines is 1. The quantitative estimate of drug-likeness (QED) is 0.732. The molecular weight excluding hydrogens is 368 g/mol. The second-order valence-electron chi connectivity index (χ2n) is 7.66.